The van der Waals surface area contributed by atoms with E-state index in [2.05, 4.69) is 23.2 Å². The van der Waals surface area contributed by atoms with E-state index in [0.29, 0.717) is 38.9 Å². The first-order chi connectivity index (χ1) is 20.6. The first kappa shape index (κ1) is 34.4. The summed E-state index contributed by atoms with van der Waals surface area (Å²) in [6, 6.07) is 6.83. The minimum absolute atomic E-state index is 0.00137. The third kappa shape index (κ3) is 11.6. The smallest absolute Gasteiger partial charge is 0.336 e. The minimum atomic E-state index is -2.73. The molecule has 2 aromatic rings. The molecule has 17 heteroatoms. The second kappa shape index (κ2) is 17.9. The molecule has 0 amide bonds. The summed E-state index contributed by atoms with van der Waals surface area (Å²) in [5.74, 6) is -2.14. The number of rotatable bonds is 19. The first-order valence-corrected chi connectivity index (χ1v) is 14.1. The molecule has 0 saturated heterocycles. The van der Waals surface area contributed by atoms with Crippen molar-refractivity contribution in [3.63, 3.8) is 0 Å². The van der Waals surface area contributed by atoms with Gasteiger partial charge in [0.05, 0.1) is 26.1 Å². The highest BCUT2D eigenvalue weighted by Crippen LogP contribution is 2.09. The Balaban J connectivity index is 1.94. The van der Waals surface area contributed by atoms with Gasteiger partial charge >= 0.3 is 35.0 Å². The van der Waals surface area contributed by atoms with Gasteiger partial charge in [0, 0.05) is 24.4 Å². The maximum Gasteiger partial charge on any atom is 0.336 e. The van der Waals surface area contributed by atoms with E-state index in [1.165, 1.54) is 0 Å². The van der Waals surface area contributed by atoms with Crippen molar-refractivity contribution >= 4 is 34.5 Å². The van der Waals surface area contributed by atoms with Crippen LogP contribution in [-0.2, 0) is 65.5 Å². The van der Waals surface area contributed by atoms with Gasteiger partial charge in [-0.05, 0) is 30.7 Å². The molecule has 234 valence electrons. The number of ether oxygens (including phenoxy) is 3. The van der Waals surface area contributed by atoms with Gasteiger partial charge in [0.1, 0.15) is 19.8 Å². The number of carbonyl (C=O) groups is 3. The Morgan fingerprint density at radius 3 is 1.65 bits per heavy atom. The molecule has 0 radical (unpaired) electrons. The van der Waals surface area contributed by atoms with Crippen LogP contribution in [0.25, 0.3) is 0 Å². The van der Waals surface area contributed by atoms with Crippen molar-refractivity contribution in [1.29, 1.82) is 0 Å². The third-order valence-electron chi connectivity index (χ3n) is 5.69. The summed E-state index contributed by atoms with van der Waals surface area (Å²) in [6.45, 7) is 5.12. The predicted octanol–water partition coefficient (Wildman–Crippen LogP) is -1.67. The number of esters is 3. The van der Waals surface area contributed by atoms with Gasteiger partial charge in [-0.1, -0.05) is 25.3 Å². The third-order valence-corrected chi connectivity index (χ3v) is 6.13. The summed E-state index contributed by atoms with van der Waals surface area (Å²) in [4.78, 5) is 73.4. The van der Waals surface area contributed by atoms with E-state index in [0.717, 1.165) is 17.7 Å². The van der Waals surface area contributed by atoms with Crippen molar-refractivity contribution in [3.05, 3.63) is 86.6 Å². The number of nitrogens with zero attached hydrogens (tertiary/aromatic N) is 3. The summed E-state index contributed by atoms with van der Waals surface area (Å²) < 4.78 is 40.5. The van der Waals surface area contributed by atoms with Crippen molar-refractivity contribution < 1.29 is 37.0 Å². The molecule has 0 aliphatic rings. The van der Waals surface area contributed by atoms with Crippen molar-refractivity contribution in [2.24, 2.45) is 0 Å². The standard InChI is InChI=1S/C26H33N5O11S/c1-3-21(32)40-16-13-29-24(35)30(14-17-41-22(33)4-2)26(37)31(25(29)36)15-18-42-23(34)10-12-27-11-9-19-5-7-20(8-6-19)28-43(38)39/h3-8,27,43H,1-2,9-18H2,(H,28,38,39). The lowest BCUT2D eigenvalue weighted by Gasteiger charge is -2.14. The largest absolute Gasteiger partial charge is 0.464 e. The summed E-state index contributed by atoms with van der Waals surface area (Å²) in [5.41, 5.74) is -1.61. The fourth-order valence-corrected chi connectivity index (χ4v) is 3.93. The van der Waals surface area contributed by atoms with Gasteiger partial charge < -0.3 is 19.5 Å². The van der Waals surface area contributed by atoms with Crippen LogP contribution in [0.5, 0.6) is 0 Å². The zero-order chi connectivity index (χ0) is 31.8. The molecule has 2 rings (SSSR count). The molecule has 0 bridgehead atoms. The molecule has 1 aromatic heterocycles. The van der Waals surface area contributed by atoms with E-state index in [4.69, 9.17) is 14.2 Å². The van der Waals surface area contributed by atoms with E-state index in [1.54, 1.807) is 24.3 Å². The van der Waals surface area contributed by atoms with Gasteiger partial charge in [-0.2, -0.15) is 0 Å². The molecular formula is C26H33N5O11S. The molecule has 1 aromatic carbocycles. The maximum atomic E-state index is 12.9. The van der Waals surface area contributed by atoms with Crippen LogP contribution in [0.15, 0.2) is 64.0 Å². The number of hydrogen-bond donors (Lipinski definition) is 3. The van der Waals surface area contributed by atoms with Crippen LogP contribution in [0.4, 0.5) is 5.69 Å². The second-order valence-corrected chi connectivity index (χ2v) is 9.32. The van der Waals surface area contributed by atoms with Crippen molar-refractivity contribution in [2.45, 2.75) is 32.5 Å². The van der Waals surface area contributed by atoms with Crippen LogP contribution < -0.4 is 27.1 Å². The van der Waals surface area contributed by atoms with E-state index < -0.39 is 45.9 Å². The Hall–Kier alpha value is -4.77. The van der Waals surface area contributed by atoms with Crippen LogP contribution >= 0.6 is 0 Å². The molecule has 0 unspecified atom stereocenters. The average molecular weight is 624 g/mol. The molecule has 43 heavy (non-hydrogen) atoms. The average Bonchev–Trinajstić information content (AvgIpc) is 2.98. The predicted molar refractivity (Wildman–Crippen MR) is 154 cm³/mol. The number of anilines is 1. The fourth-order valence-electron chi connectivity index (χ4n) is 3.57. The molecule has 16 nitrogen and oxygen atoms in total. The Morgan fingerprint density at radius 2 is 1.21 bits per heavy atom. The van der Waals surface area contributed by atoms with Crippen LogP contribution in [0.3, 0.4) is 0 Å². The number of aromatic nitrogens is 3. The zero-order valence-electron chi connectivity index (χ0n) is 23.2. The lowest BCUT2D eigenvalue weighted by atomic mass is 10.1. The van der Waals surface area contributed by atoms with Crippen LogP contribution in [-0.4, -0.2) is 72.9 Å². The highest BCUT2D eigenvalue weighted by molar-refractivity contribution is 7.73. The SMILES string of the molecule is C=CC(=O)OCCn1c(=O)n(CCOC(=O)C=C)c(=O)n(CCOC(=O)CCNCCc2ccc(N[SH](=O)=O)cc2)c1=O. The zero-order valence-corrected chi connectivity index (χ0v) is 24.1. The van der Waals surface area contributed by atoms with E-state index >= 15 is 0 Å². The molecule has 0 spiro atoms. The molecule has 1 heterocycles. The lowest BCUT2D eigenvalue weighted by Crippen LogP contribution is -2.55. The summed E-state index contributed by atoms with van der Waals surface area (Å²) in [5, 5.41) is 3.08. The summed E-state index contributed by atoms with van der Waals surface area (Å²) in [7, 11) is -2.73. The van der Waals surface area contributed by atoms with Gasteiger partial charge in [-0.25, -0.2) is 46.1 Å². The number of nitrogens with one attached hydrogen (secondary N) is 2. The summed E-state index contributed by atoms with van der Waals surface area (Å²) >= 11 is 0. The Bertz CT molecular complexity index is 1480. The van der Waals surface area contributed by atoms with Gasteiger partial charge in [0.2, 0.25) is 10.9 Å². The van der Waals surface area contributed by atoms with Crippen molar-refractivity contribution in [2.75, 3.05) is 37.6 Å². The molecular weight excluding hydrogens is 590 g/mol. The quantitative estimate of drug-likeness (QED) is 0.0529. The lowest BCUT2D eigenvalue weighted by molar-refractivity contribution is -0.144. The molecule has 0 saturated carbocycles. The van der Waals surface area contributed by atoms with E-state index in [-0.39, 0.29) is 45.9 Å². The molecule has 0 aliphatic carbocycles. The second-order valence-electron chi connectivity index (χ2n) is 8.58. The van der Waals surface area contributed by atoms with Gasteiger partial charge in [-0.3, -0.25) is 9.52 Å². The summed E-state index contributed by atoms with van der Waals surface area (Å²) in [6.07, 6.45) is 2.44. The van der Waals surface area contributed by atoms with Gasteiger partial charge in [-0.15, -0.1) is 0 Å². The van der Waals surface area contributed by atoms with E-state index in [9.17, 15) is 37.2 Å². The topological polar surface area (TPSA) is 203 Å². The normalized spacial score (nSPS) is 10.6. The monoisotopic (exact) mass is 623 g/mol. The van der Waals surface area contributed by atoms with Crippen LogP contribution in [0.1, 0.15) is 12.0 Å². The molecule has 0 fully saturated rings. The highest BCUT2D eigenvalue weighted by atomic mass is 32.2. The van der Waals surface area contributed by atoms with Crippen molar-refractivity contribution in [1.82, 2.24) is 19.0 Å². The molecule has 0 atom stereocenters. The maximum absolute atomic E-state index is 12.9. The highest BCUT2D eigenvalue weighted by Gasteiger charge is 2.17. The Kier molecular flexibility index (Phi) is 14.3. The molecule has 2 N–H and O–H groups in total. The van der Waals surface area contributed by atoms with E-state index in [1.807, 2.05) is 0 Å². The van der Waals surface area contributed by atoms with Crippen LogP contribution in [0, 0.1) is 0 Å². The van der Waals surface area contributed by atoms with Crippen LogP contribution in [0.2, 0.25) is 0 Å². The van der Waals surface area contributed by atoms with Gasteiger partial charge in [0.15, 0.2) is 0 Å². The molecule has 0 aliphatic heterocycles. The fraction of sp³-hybridized carbons (Fsp3) is 0.385. The number of thiol groups is 1. The number of carbonyl (C=O) groups excluding carboxylic acids is 3. The first-order valence-electron chi connectivity index (χ1n) is 13.0. The Labute approximate surface area is 247 Å². The Morgan fingerprint density at radius 1 is 0.744 bits per heavy atom. The van der Waals surface area contributed by atoms with Gasteiger partial charge in [0.25, 0.3) is 0 Å². The number of benzene rings is 1. The number of hydrogen-bond acceptors (Lipinski definition) is 12. The minimum Gasteiger partial charge on any atom is -0.464 e. The van der Waals surface area contributed by atoms with Crippen molar-refractivity contribution in [3.8, 4) is 0 Å².